The lowest BCUT2D eigenvalue weighted by atomic mass is 9.74. The molecule has 0 aromatic carbocycles. The summed E-state index contributed by atoms with van der Waals surface area (Å²) in [5.41, 5.74) is -2.86. The maximum Gasteiger partial charge on any atom is 0.249 e. The molecule has 4 aliphatic heterocycles. The predicted molar refractivity (Wildman–Crippen MR) is 155 cm³/mol. The molecule has 40 heavy (non-hydrogen) atoms. The summed E-state index contributed by atoms with van der Waals surface area (Å²) in [5.74, 6) is -1.98. The van der Waals surface area contributed by atoms with Crippen molar-refractivity contribution in [2.75, 3.05) is 26.2 Å². The number of ether oxygens (including phenoxy) is 1. The maximum atomic E-state index is 14.8. The fourth-order valence-electron chi connectivity index (χ4n) is 8.13. The van der Waals surface area contributed by atoms with Gasteiger partial charge in [-0.15, -0.1) is 0 Å². The van der Waals surface area contributed by atoms with Gasteiger partial charge in [-0.3, -0.25) is 14.4 Å². The Morgan fingerprint density at radius 3 is 2.23 bits per heavy atom. The lowest BCUT2D eigenvalue weighted by Crippen LogP contribution is -2.62. The zero-order valence-corrected chi connectivity index (χ0v) is 26.1. The first-order valence-electron chi connectivity index (χ1n) is 15.1. The van der Waals surface area contributed by atoms with E-state index in [2.05, 4.69) is 34.6 Å². The molecule has 8 nitrogen and oxygen atoms in total. The van der Waals surface area contributed by atoms with Gasteiger partial charge in [0.1, 0.15) is 11.6 Å². The van der Waals surface area contributed by atoms with Crippen molar-refractivity contribution in [3.63, 3.8) is 0 Å². The van der Waals surface area contributed by atoms with Gasteiger partial charge >= 0.3 is 0 Å². The SMILES string of the molecule is CCCN1CC=C[C@]2(C)O[C@]34C=CCN(C(C)(C)CC(C)(C)C)C(=O)C3N([C@@H](CO)CC(C)C)C(=O)[C@@H]4[C@@H]2C1=O. The molecule has 8 heteroatoms. The first kappa shape index (κ1) is 30.8. The van der Waals surface area contributed by atoms with Crippen molar-refractivity contribution in [1.29, 1.82) is 0 Å². The molecule has 0 aromatic rings. The summed E-state index contributed by atoms with van der Waals surface area (Å²) in [7, 11) is 0. The Labute approximate surface area is 240 Å². The quantitative estimate of drug-likeness (QED) is 0.459. The molecule has 1 spiro atoms. The molecule has 4 heterocycles. The molecule has 2 saturated heterocycles. The number of rotatable bonds is 8. The van der Waals surface area contributed by atoms with Crippen LogP contribution in [0.15, 0.2) is 24.3 Å². The van der Waals surface area contributed by atoms with Crippen molar-refractivity contribution in [3.05, 3.63) is 24.3 Å². The van der Waals surface area contributed by atoms with Gasteiger partial charge in [-0.05, 0) is 51.4 Å². The molecule has 4 aliphatic rings. The zero-order valence-electron chi connectivity index (χ0n) is 26.1. The van der Waals surface area contributed by atoms with Crippen LogP contribution in [0.4, 0.5) is 0 Å². The predicted octanol–water partition coefficient (Wildman–Crippen LogP) is 3.79. The van der Waals surface area contributed by atoms with E-state index < -0.39 is 40.7 Å². The fourth-order valence-corrected chi connectivity index (χ4v) is 8.13. The molecular formula is C32H51N3O5. The van der Waals surface area contributed by atoms with Crippen molar-refractivity contribution in [2.24, 2.45) is 23.2 Å². The maximum absolute atomic E-state index is 14.8. The second-order valence-corrected chi connectivity index (χ2v) is 14.8. The summed E-state index contributed by atoms with van der Waals surface area (Å²) >= 11 is 0. The Morgan fingerprint density at radius 1 is 1.00 bits per heavy atom. The highest BCUT2D eigenvalue weighted by atomic mass is 16.5. The second kappa shape index (κ2) is 10.6. The average Bonchev–Trinajstić information content (AvgIpc) is 3.09. The smallest absolute Gasteiger partial charge is 0.249 e. The van der Waals surface area contributed by atoms with Crippen LogP contribution in [0.5, 0.6) is 0 Å². The van der Waals surface area contributed by atoms with Crippen molar-refractivity contribution < 1.29 is 24.2 Å². The zero-order chi connectivity index (χ0) is 29.8. The van der Waals surface area contributed by atoms with Crippen LogP contribution in [-0.2, 0) is 19.1 Å². The third-order valence-electron chi connectivity index (χ3n) is 9.11. The van der Waals surface area contributed by atoms with E-state index in [4.69, 9.17) is 4.74 Å². The largest absolute Gasteiger partial charge is 0.394 e. The molecule has 0 saturated carbocycles. The molecule has 2 fully saturated rings. The van der Waals surface area contributed by atoms with Crippen molar-refractivity contribution in [1.82, 2.24) is 14.7 Å². The van der Waals surface area contributed by atoms with Gasteiger partial charge in [-0.1, -0.05) is 65.8 Å². The van der Waals surface area contributed by atoms with Crippen molar-refractivity contribution >= 4 is 17.7 Å². The van der Waals surface area contributed by atoms with Crippen LogP contribution in [0.2, 0.25) is 0 Å². The Morgan fingerprint density at radius 2 is 1.65 bits per heavy atom. The molecular weight excluding hydrogens is 506 g/mol. The molecule has 6 atom stereocenters. The van der Waals surface area contributed by atoms with E-state index in [0.29, 0.717) is 26.1 Å². The minimum Gasteiger partial charge on any atom is -0.394 e. The summed E-state index contributed by atoms with van der Waals surface area (Å²) in [6.07, 6.45) is 9.85. The van der Waals surface area contributed by atoms with E-state index >= 15 is 0 Å². The van der Waals surface area contributed by atoms with E-state index in [1.807, 2.05) is 56.9 Å². The summed E-state index contributed by atoms with van der Waals surface area (Å²) in [5, 5.41) is 10.6. The van der Waals surface area contributed by atoms with Crippen LogP contribution in [0, 0.1) is 23.2 Å². The Kier molecular flexibility index (Phi) is 8.13. The van der Waals surface area contributed by atoms with E-state index in [1.165, 1.54) is 0 Å². The number of aliphatic hydroxyl groups excluding tert-OH is 1. The van der Waals surface area contributed by atoms with E-state index in [1.54, 1.807) is 9.80 Å². The number of likely N-dealkylation sites (tertiary alicyclic amines) is 1. The summed E-state index contributed by atoms with van der Waals surface area (Å²) in [4.78, 5) is 48.8. The van der Waals surface area contributed by atoms with E-state index in [0.717, 1.165) is 12.8 Å². The topological polar surface area (TPSA) is 90.4 Å². The first-order chi connectivity index (χ1) is 18.5. The van der Waals surface area contributed by atoms with Gasteiger partial charge in [0.05, 0.1) is 30.1 Å². The number of carbonyl (C=O) groups is 3. The lowest BCUT2D eigenvalue weighted by molar-refractivity contribution is -0.159. The number of nitrogens with zero attached hydrogens (tertiary/aromatic N) is 3. The highest BCUT2D eigenvalue weighted by Gasteiger charge is 2.75. The van der Waals surface area contributed by atoms with Crippen molar-refractivity contribution in [3.8, 4) is 0 Å². The van der Waals surface area contributed by atoms with Gasteiger partial charge in [0.25, 0.3) is 0 Å². The molecule has 224 valence electrons. The number of fused-ring (bicyclic) bond motifs is 2. The molecule has 1 N–H and O–H groups in total. The van der Waals surface area contributed by atoms with Crippen molar-refractivity contribution in [2.45, 2.75) is 110 Å². The highest BCUT2D eigenvalue weighted by Crippen LogP contribution is 2.58. The molecule has 0 aromatic heterocycles. The van der Waals surface area contributed by atoms with Gasteiger partial charge in [-0.25, -0.2) is 0 Å². The molecule has 0 bridgehead atoms. The number of amides is 3. The average molecular weight is 558 g/mol. The van der Waals surface area contributed by atoms with Crippen LogP contribution < -0.4 is 0 Å². The van der Waals surface area contributed by atoms with Crippen LogP contribution in [0.1, 0.15) is 81.6 Å². The van der Waals surface area contributed by atoms with Gasteiger partial charge in [0.2, 0.25) is 17.7 Å². The number of carbonyl (C=O) groups excluding carboxylic acids is 3. The third kappa shape index (κ3) is 5.04. The Balaban J connectivity index is 1.89. The van der Waals surface area contributed by atoms with Gasteiger partial charge in [0, 0.05) is 25.2 Å². The first-order valence-corrected chi connectivity index (χ1v) is 15.1. The van der Waals surface area contributed by atoms with Crippen LogP contribution in [-0.4, -0.2) is 92.6 Å². The summed E-state index contributed by atoms with van der Waals surface area (Å²) in [6, 6.07) is -1.52. The Hall–Kier alpha value is -2.19. The van der Waals surface area contributed by atoms with Crippen LogP contribution >= 0.6 is 0 Å². The standard InChI is InChI=1S/C32H51N3O5/c1-10-15-33-16-11-13-31(9)23(26(33)37)24-27(38)35(22(19-36)18-21(2)3)25-28(39)34(17-12-14-32(24,25)40-31)30(7,8)20-29(4,5)6/h11-14,21-25,36H,10,15-20H2,1-9H3/t22-,23-,24+,25?,31+,32+/m1/s1. The summed E-state index contributed by atoms with van der Waals surface area (Å²) < 4.78 is 6.95. The highest BCUT2D eigenvalue weighted by molar-refractivity contribution is 6.00. The van der Waals surface area contributed by atoms with Crippen LogP contribution in [0.25, 0.3) is 0 Å². The molecule has 0 radical (unpaired) electrons. The minimum absolute atomic E-state index is 0.0268. The summed E-state index contributed by atoms with van der Waals surface area (Å²) in [6.45, 7) is 19.8. The van der Waals surface area contributed by atoms with E-state index in [-0.39, 0.29) is 35.7 Å². The lowest BCUT2D eigenvalue weighted by Gasteiger charge is -2.46. The number of hydrogen-bond donors (Lipinski definition) is 1. The minimum atomic E-state index is -1.31. The van der Waals surface area contributed by atoms with Gasteiger partial charge in [0.15, 0.2) is 0 Å². The monoisotopic (exact) mass is 557 g/mol. The molecule has 1 unspecified atom stereocenters. The molecule has 4 rings (SSSR count). The fraction of sp³-hybridized carbons (Fsp3) is 0.781. The van der Waals surface area contributed by atoms with Gasteiger partial charge < -0.3 is 24.5 Å². The van der Waals surface area contributed by atoms with Crippen LogP contribution in [0.3, 0.4) is 0 Å². The molecule has 0 aliphatic carbocycles. The normalized spacial score (nSPS) is 33.3. The number of aliphatic hydroxyl groups is 1. The third-order valence-corrected chi connectivity index (χ3v) is 9.11. The molecule has 3 amide bonds. The van der Waals surface area contributed by atoms with Gasteiger partial charge in [-0.2, -0.15) is 0 Å². The Bertz CT molecular complexity index is 1070. The second-order valence-electron chi connectivity index (χ2n) is 14.8. The van der Waals surface area contributed by atoms with E-state index in [9.17, 15) is 19.5 Å². The number of hydrogen-bond acceptors (Lipinski definition) is 5.